The highest BCUT2D eigenvalue weighted by atomic mass is 35.5. The van der Waals surface area contributed by atoms with Gasteiger partial charge in [0.2, 0.25) is 18.0 Å². The number of hydrogen-bond donors (Lipinski definition) is 0. The molecule has 1 amide bonds. The number of carbonyl (C=O) groups excluding carboxylic acids is 1. The molecule has 0 spiro atoms. The predicted octanol–water partition coefficient (Wildman–Crippen LogP) is 6.31. The fraction of sp³-hybridized carbons (Fsp3) is 0.111. The minimum Gasteiger partial charge on any atom is -0.488 e. The number of hydrazone groups is 1. The van der Waals surface area contributed by atoms with E-state index in [1.807, 2.05) is 54.6 Å². The van der Waals surface area contributed by atoms with Gasteiger partial charge in [-0.05, 0) is 46.7 Å². The SMILES string of the molecule is CC(=O)N1N=C(c2cccc(Cl)c2)O[C@@H]1c1ccccc1OCc1cccc2ccccc12. The Morgan fingerprint density at radius 2 is 1.76 bits per heavy atom. The molecule has 0 unspecified atom stereocenters. The average Bonchev–Trinajstić information content (AvgIpc) is 3.29. The van der Waals surface area contributed by atoms with Crippen LogP contribution < -0.4 is 4.74 Å². The number of ether oxygens (including phenoxy) is 2. The zero-order valence-corrected chi connectivity index (χ0v) is 18.7. The van der Waals surface area contributed by atoms with Crippen molar-refractivity contribution in [1.82, 2.24) is 5.01 Å². The first-order valence-corrected chi connectivity index (χ1v) is 11.0. The molecule has 5 nitrogen and oxygen atoms in total. The molecule has 1 atom stereocenters. The Kier molecular flexibility index (Phi) is 5.71. The normalized spacial score (nSPS) is 15.3. The Bertz CT molecular complexity index is 1360. The molecule has 0 radical (unpaired) electrons. The molecule has 33 heavy (non-hydrogen) atoms. The van der Waals surface area contributed by atoms with Crippen molar-refractivity contribution in [1.29, 1.82) is 0 Å². The summed E-state index contributed by atoms with van der Waals surface area (Å²) < 4.78 is 12.4. The van der Waals surface area contributed by atoms with Crippen LogP contribution in [-0.4, -0.2) is 16.8 Å². The van der Waals surface area contributed by atoms with Gasteiger partial charge in [-0.15, -0.1) is 5.10 Å². The van der Waals surface area contributed by atoms with E-state index < -0.39 is 6.23 Å². The number of halogens is 1. The highest BCUT2D eigenvalue weighted by Gasteiger charge is 2.35. The third-order valence-corrected chi connectivity index (χ3v) is 5.72. The number of para-hydroxylation sites is 1. The smallest absolute Gasteiger partial charge is 0.243 e. The van der Waals surface area contributed by atoms with E-state index in [9.17, 15) is 4.79 Å². The van der Waals surface area contributed by atoms with Crippen LogP contribution in [0.1, 0.15) is 29.8 Å². The molecule has 0 aromatic heterocycles. The van der Waals surface area contributed by atoms with Crippen molar-refractivity contribution in [2.45, 2.75) is 19.8 Å². The lowest BCUT2D eigenvalue weighted by Gasteiger charge is -2.22. The monoisotopic (exact) mass is 456 g/mol. The van der Waals surface area contributed by atoms with Crippen LogP contribution in [0.3, 0.4) is 0 Å². The largest absolute Gasteiger partial charge is 0.488 e. The summed E-state index contributed by atoms with van der Waals surface area (Å²) in [7, 11) is 0. The van der Waals surface area contributed by atoms with Gasteiger partial charge in [0, 0.05) is 17.5 Å². The highest BCUT2D eigenvalue weighted by Crippen LogP contribution is 2.36. The minimum atomic E-state index is -0.736. The van der Waals surface area contributed by atoms with Crippen molar-refractivity contribution in [2.24, 2.45) is 5.10 Å². The first-order chi connectivity index (χ1) is 16.1. The lowest BCUT2D eigenvalue weighted by Crippen LogP contribution is -2.25. The summed E-state index contributed by atoms with van der Waals surface area (Å²) in [6.45, 7) is 1.84. The molecule has 0 aliphatic carbocycles. The second-order valence-corrected chi connectivity index (χ2v) is 8.15. The number of amides is 1. The van der Waals surface area contributed by atoms with Gasteiger partial charge in [-0.1, -0.05) is 72.3 Å². The zero-order chi connectivity index (χ0) is 22.8. The average molecular weight is 457 g/mol. The van der Waals surface area contributed by atoms with E-state index in [1.54, 1.807) is 12.1 Å². The Morgan fingerprint density at radius 1 is 1.00 bits per heavy atom. The number of rotatable bonds is 5. The maximum absolute atomic E-state index is 12.4. The summed E-state index contributed by atoms with van der Waals surface area (Å²) in [6, 6.07) is 29.1. The zero-order valence-electron chi connectivity index (χ0n) is 17.9. The van der Waals surface area contributed by atoms with Crippen molar-refractivity contribution in [3.63, 3.8) is 0 Å². The molecule has 1 heterocycles. The maximum Gasteiger partial charge on any atom is 0.243 e. The molecule has 1 aliphatic rings. The van der Waals surface area contributed by atoms with Crippen molar-refractivity contribution in [3.05, 3.63) is 113 Å². The molecule has 0 bridgehead atoms. The molecule has 0 saturated carbocycles. The van der Waals surface area contributed by atoms with Crippen LogP contribution in [0.4, 0.5) is 0 Å². The summed E-state index contributed by atoms with van der Waals surface area (Å²) in [5, 5.41) is 8.62. The fourth-order valence-electron chi connectivity index (χ4n) is 3.90. The summed E-state index contributed by atoms with van der Waals surface area (Å²) >= 11 is 6.13. The summed E-state index contributed by atoms with van der Waals surface area (Å²) in [5.74, 6) is 0.728. The van der Waals surface area contributed by atoms with E-state index in [0.29, 0.717) is 34.4 Å². The minimum absolute atomic E-state index is 0.235. The highest BCUT2D eigenvalue weighted by molar-refractivity contribution is 6.31. The van der Waals surface area contributed by atoms with Crippen LogP contribution in [-0.2, 0) is 16.1 Å². The molecule has 4 aromatic carbocycles. The van der Waals surface area contributed by atoms with Gasteiger partial charge >= 0.3 is 0 Å². The van der Waals surface area contributed by atoms with E-state index >= 15 is 0 Å². The fourth-order valence-corrected chi connectivity index (χ4v) is 4.09. The van der Waals surface area contributed by atoms with Crippen LogP contribution in [0, 0.1) is 0 Å². The second kappa shape index (κ2) is 8.96. The first kappa shape index (κ1) is 21.0. The van der Waals surface area contributed by atoms with Crippen molar-refractivity contribution in [2.75, 3.05) is 0 Å². The molecule has 0 N–H and O–H groups in total. The van der Waals surface area contributed by atoms with E-state index in [0.717, 1.165) is 16.3 Å². The molecular weight excluding hydrogens is 436 g/mol. The van der Waals surface area contributed by atoms with Crippen LogP contribution >= 0.6 is 11.6 Å². The van der Waals surface area contributed by atoms with Gasteiger partial charge in [0.15, 0.2) is 0 Å². The Balaban J connectivity index is 1.44. The summed E-state index contributed by atoms with van der Waals surface area (Å²) in [6.07, 6.45) is -0.736. The molecule has 1 aliphatic heterocycles. The van der Waals surface area contributed by atoms with Crippen LogP contribution in [0.15, 0.2) is 96.1 Å². The molecule has 0 saturated heterocycles. The molecule has 6 heteroatoms. The number of hydrogen-bond acceptors (Lipinski definition) is 4. The first-order valence-electron chi connectivity index (χ1n) is 10.6. The third-order valence-electron chi connectivity index (χ3n) is 5.49. The summed E-state index contributed by atoms with van der Waals surface area (Å²) in [5.41, 5.74) is 2.49. The van der Waals surface area contributed by atoms with Crippen LogP contribution in [0.25, 0.3) is 10.8 Å². The topological polar surface area (TPSA) is 51.1 Å². The van der Waals surface area contributed by atoms with E-state index in [4.69, 9.17) is 21.1 Å². The van der Waals surface area contributed by atoms with E-state index in [-0.39, 0.29) is 5.91 Å². The van der Waals surface area contributed by atoms with Crippen molar-refractivity contribution >= 4 is 34.2 Å². The molecular formula is C27H21ClN2O3. The van der Waals surface area contributed by atoms with Gasteiger partial charge in [-0.2, -0.15) is 5.01 Å². The van der Waals surface area contributed by atoms with Gasteiger partial charge in [0.25, 0.3) is 0 Å². The van der Waals surface area contributed by atoms with Crippen molar-refractivity contribution in [3.8, 4) is 5.75 Å². The lowest BCUT2D eigenvalue weighted by atomic mass is 10.1. The molecule has 0 fully saturated rings. The van der Waals surface area contributed by atoms with Crippen LogP contribution in [0.5, 0.6) is 5.75 Å². The molecule has 5 rings (SSSR count). The second-order valence-electron chi connectivity index (χ2n) is 7.71. The van der Waals surface area contributed by atoms with Gasteiger partial charge in [-0.25, -0.2) is 0 Å². The predicted molar refractivity (Wildman–Crippen MR) is 129 cm³/mol. The molecule has 4 aromatic rings. The Hall–Kier alpha value is -3.83. The van der Waals surface area contributed by atoms with Gasteiger partial charge in [0.05, 0.1) is 5.56 Å². The Morgan fingerprint density at radius 3 is 2.61 bits per heavy atom. The third kappa shape index (κ3) is 4.28. The van der Waals surface area contributed by atoms with Gasteiger partial charge < -0.3 is 9.47 Å². The number of benzene rings is 4. The number of fused-ring (bicyclic) bond motifs is 1. The van der Waals surface area contributed by atoms with Crippen LogP contribution in [0.2, 0.25) is 5.02 Å². The maximum atomic E-state index is 12.4. The quantitative estimate of drug-likeness (QED) is 0.353. The van der Waals surface area contributed by atoms with Gasteiger partial charge in [0.1, 0.15) is 12.4 Å². The van der Waals surface area contributed by atoms with Crippen molar-refractivity contribution < 1.29 is 14.3 Å². The van der Waals surface area contributed by atoms with E-state index in [2.05, 4.69) is 29.4 Å². The Labute approximate surface area is 196 Å². The standard InChI is InChI=1S/C27H21ClN2O3/c1-18(31)30-27(33-26(29-30)20-10-7-12-22(28)16-20)24-14-4-5-15-25(24)32-17-21-11-6-9-19-8-2-3-13-23(19)21/h2-16,27H,17H2,1H3/t27-/m1/s1. The number of nitrogens with zero attached hydrogens (tertiary/aromatic N) is 2. The lowest BCUT2D eigenvalue weighted by molar-refractivity contribution is -0.135. The number of carbonyl (C=O) groups is 1. The van der Waals surface area contributed by atoms with Gasteiger partial charge in [-0.3, -0.25) is 4.79 Å². The van der Waals surface area contributed by atoms with E-state index in [1.165, 1.54) is 11.9 Å². The summed E-state index contributed by atoms with van der Waals surface area (Å²) in [4.78, 5) is 12.4. The molecule has 164 valence electrons.